The summed E-state index contributed by atoms with van der Waals surface area (Å²) in [4.78, 5) is 0. The molecule has 1 aliphatic rings. The van der Waals surface area contributed by atoms with Crippen LogP contribution in [0.15, 0.2) is 36.4 Å². The third-order valence-corrected chi connectivity index (χ3v) is 4.45. The number of hydrogen-bond donors (Lipinski definition) is 0. The first kappa shape index (κ1) is 13.0. The molecule has 0 N–H and O–H groups in total. The zero-order valence-corrected chi connectivity index (χ0v) is 11.8. The van der Waals surface area contributed by atoms with Gasteiger partial charge < -0.3 is 0 Å². The van der Waals surface area contributed by atoms with Gasteiger partial charge in [-0.15, -0.1) is 11.6 Å². The minimum atomic E-state index is -0.414. The molecule has 0 bridgehead atoms. The highest BCUT2D eigenvalue weighted by Gasteiger charge is 2.16. The van der Waals surface area contributed by atoms with Crippen molar-refractivity contribution in [3.05, 3.63) is 69.5 Å². The van der Waals surface area contributed by atoms with Crippen LogP contribution in [-0.4, -0.2) is 0 Å². The maximum atomic E-state index is 13.2. The fourth-order valence-electron chi connectivity index (χ4n) is 2.61. The summed E-state index contributed by atoms with van der Waals surface area (Å²) in [6.07, 6.45) is 3.50. The molecule has 0 nitrogen and oxygen atoms in total. The van der Waals surface area contributed by atoms with Crippen LogP contribution < -0.4 is 0 Å². The van der Waals surface area contributed by atoms with E-state index in [-0.39, 0.29) is 10.4 Å². The molecular formula is C16H13Cl2F. The number of rotatable bonds is 2. The summed E-state index contributed by atoms with van der Waals surface area (Å²) in [5.74, 6) is -0.414. The second-order valence-corrected chi connectivity index (χ2v) is 5.76. The van der Waals surface area contributed by atoms with Crippen molar-refractivity contribution < 1.29 is 4.39 Å². The van der Waals surface area contributed by atoms with Crippen LogP contribution in [0, 0.1) is 5.82 Å². The minimum absolute atomic E-state index is 0.115. The lowest BCUT2D eigenvalue weighted by atomic mass is 10.00. The SMILES string of the molecule is Fc1ccc(C(Cl)c2ccc3c(c2)CCC3)cc1Cl. The molecule has 1 atom stereocenters. The van der Waals surface area contributed by atoms with E-state index in [2.05, 4.69) is 18.2 Å². The second kappa shape index (κ2) is 5.15. The summed E-state index contributed by atoms with van der Waals surface area (Å²) < 4.78 is 13.2. The molecule has 0 aliphatic heterocycles. The summed E-state index contributed by atoms with van der Waals surface area (Å²) in [5.41, 5.74) is 4.68. The average Bonchev–Trinajstić information content (AvgIpc) is 2.88. The zero-order chi connectivity index (χ0) is 13.4. The highest BCUT2D eigenvalue weighted by atomic mass is 35.5. The Bertz CT molecular complexity index is 622. The molecule has 2 aromatic rings. The van der Waals surface area contributed by atoms with Crippen molar-refractivity contribution in [1.82, 2.24) is 0 Å². The zero-order valence-electron chi connectivity index (χ0n) is 10.3. The van der Waals surface area contributed by atoms with Crippen LogP contribution in [0.3, 0.4) is 0 Å². The number of benzene rings is 2. The molecule has 1 unspecified atom stereocenters. The fraction of sp³-hybridized carbons (Fsp3) is 0.250. The first-order valence-electron chi connectivity index (χ1n) is 6.36. The van der Waals surface area contributed by atoms with E-state index in [0.717, 1.165) is 24.0 Å². The molecule has 98 valence electrons. The normalized spacial score (nSPS) is 15.3. The number of fused-ring (bicyclic) bond motifs is 1. The third kappa shape index (κ3) is 2.50. The Balaban J connectivity index is 1.94. The van der Waals surface area contributed by atoms with Crippen LogP contribution in [0.1, 0.15) is 34.1 Å². The van der Waals surface area contributed by atoms with Crippen LogP contribution in [0.25, 0.3) is 0 Å². The number of halogens is 3. The molecule has 19 heavy (non-hydrogen) atoms. The second-order valence-electron chi connectivity index (χ2n) is 4.92. The van der Waals surface area contributed by atoms with Crippen molar-refractivity contribution in [2.75, 3.05) is 0 Å². The quantitative estimate of drug-likeness (QED) is 0.660. The molecule has 0 heterocycles. The Morgan fingerprint density at radius 1 is 0.947 bits per heavy atom. The average molecular weight is 295 g/mol. The van der Waals surface area contributed by atoms with E-state index in [1.54, 1.807) is 12.1 Å². The molecule has 2 aromatic carbocycles. The van der Waals surface area contributed by atoms with Gasteiger partial charge in [-0.2, -0.15) is 0 Å². The lowest BCUT2D eigenvalue weighted by Crippen LogP contribution is -1.96. The topological polar surface area (TPSA) is 0 Å². The van der Waals surface area contributed by atoms with E-state index in [0.29, 0.717) is 0 Å². The van der Waals surface area contributed by atoms with E-state index in [1.807, 2.05) is 0 Å². The molecule has 3 rings (SSSR count). The molecule has 0 saturated heterocycles. The molecular weight excluding hydrogens is 282 g/mol. The molecule has 0 amide bonds. The molecule has 0 radical (unpaired) electrons. The van der Waals surface area contributed by atoms with Gasteiger partial charge in [-0.25, -0.2) is 4.39 Å². The standard InChI is InChI=1S/C16H13Cl2F/c17-14-9-13(6-7-15(14)19)16(18)12-5-4-10-2-1-3-11(10)8-12/h4-9,16H,1-3H2. The molecule has 0 aromatic heterocycles. The van der Waals surface area contributed by atoms with Crippen LogP contribution >= 0.6 is 23.2 Å². The van der Waals surface area contributed by atoms with Gasteiger partial charge >= 0.3 is 0 Å². The van der Waals surface area contributed by atoms with Crippen LogP contribution in [0.2, 0.25) is 5.02 Å². The van der Waals surface area contributed by atoms with E-state index in [1.165, 1.54) is 23.6 Å². The largest absolute Gasteiger partial charge is 0.205 e. The van der Waals surface area contributed by atoms with E-state index in [4.69, 9.17) is 23.2 Å². The minimum Gasteiger partial charge on any atom is -0.205 e. The van der Waals surface area contributed by atoms with Crippen LogP contribution in [0.4, 0.5) is 4.39 Å². The highest BCUT2D eigenvalue weighted by molar-refractivity contribution is 6.31. The maximum Gasteiger partial charge on any atom is 0.141 e. The first-order valence-corrected chi connectivity index (χ1v) is 7.17. The summed E-state index contributed by atoms with van der Waals surface area (Å²) in [6.45, 7) is 0. The van der Waals surface area contributed by atoms with Gasteiger partial charge in [0.1, 0.15) is 5.82 Å². The van der Waals surface area contributed by atoms with Gasteiger partial charge in [-0.05, 0) is 53.6 Å². The predicted molar refractivity (Wildman–Crippen MR) is 77.6 cm³/mol. The summed E-state index contributed by atoms with van der Waals surface area (Å²) in [5, 5.41) is -0.173. The third-order valence-electron chi connectivity index (χ3n) is 3.65. The molecule has 0 spiro atoms. The van der Waals surface area contributed by atoms with Crippen LogP contribution in [-0.2, 0) is 12.8 Å². The van der Waals surface area contributed by atoms with Crippen molar-refractivity contribution in [2.45, 2.75) is 24.6 Å². The van der Waals surface area contributed by atoms with Gasteiger partial charge in [-0.1, -0.05) is 35.9 Å². The lowest BCUT2D eigenvalue weighted by molar-refractivity contribution is 0.627. The number of alkyl halides is 1. The van der Waals surface area contributed by atoms with Gasteiger partial charge in [0.15, 0.2) is 0 Å². The van der Waals surface area contributed by atoms with Gasteiger partial charge in [0.25, 0.3) is 0 Å². The van der Waals surface area contributed by atoms with Gasteiger partial charge in [-0.3, -0.25) is 0 Å². The van der Waals surface area contributed by atoms with E-state index < -0.39 is 5.82 Å². The monoisotopic (exact) mass is 294 g/mol. The van der Waals surface area contributed by atoms with E-state index in [9.17, 15) is 4.39 Å². The highest BCUT2D eigenvalue weighted by Crippen LogP contribution is 2.33. The predicted octanol–water partition coefficient (Wildman–Crippen LogP) is 5.30. The number of aryl methyl sites for hydroxylation is 2. The Morgan fingerprint density at radius 2 is 1.63 bits per heavy atom. The van der Waals surface area contributed by atoms with Gasteiger partial charge in [0.2, 0.25) is 0 Å². The Hall–Kier alpha value is -1.05. The molecule has 0 saturated carbocycles. The van der Waals surface area contributed by atoms with Crippen molar-refractivity contribution in [1.29, 1.82) is 0 Å². The lowest BCUT2D eigenvalue weighted by Gasteiger charge is -2.12. The fourth-order valence-corrected chi connectivity index (χ4v) is 3.07. The van der Waals surface area contributed by atoms with Crippen molar-refractivity contribution in [3.8, 4) is 0 Å². The van der Waals surface area contributed by atoms with Crippen LogP contribution in [0.5, 0.6) is 0 Å². The maximum absolute atomic E-state index is 13.2. The van der Waals surface area contributed by atoms with Gasteiger partial charge in [0.05, 0.1) is 10.4 Å². The Kier molecular flexibility index (Phi) is 3.51. The summed E-state index contributed by atoms with van der Waals surface area (Å²) in [7, 11) is 0. The van der Waals surface area contributed by atoms with Crippen molar-refractivity contribution in [2.24, 2.45) is 0 Å². The Morgan fingerprint density at radius 3 is 2.42 bits per heavy atom. The smallest absolute Gasteiger partial charge is 0.141 e. The molecule has 3 heteroatoms. The van der Waals surface area contributed by atoms with Crippen molar-refractivity contribution in [3.63, 3.8) is 0 Å². The van der Waals surface area contributed by atoms with Gasteiger partial charge in [0, 0.05) is 0 Å². The Labute approximate surface area is 122 Å². The van der Waals surface area contributed by atoms with Crippen molar-refractivity contribution >= 4 is 23.2 Å². The number of hydrogen-bond acceptors (Lipinski definition) is 0. The summed E-state index contributed by atoms with van der Waals surface area (Å²) >= 11 is 12.3. The molecule has 1 aliphatic carbocycles. The first-order chi connectivity index (χ1) is 9.15. The van der Waals surface area contributed by atoms with E-state index >= 15 is 0 Å². The molecule has 0 fully saturated rings. The summed E-state index contributed by atoms with van der Waals surface area (Å²) in [6, 6.07) is 11.0.